The van der Waals surface area contributed by atoms with Crippen LogP contribution in [0.25, 0.3) is 0 Å². The standard InChI is InChI=1S/C9H17NO4S/c1-9(2,5-11)7(13)8(14)10-4-3-6(12)15/h7,11,13H,3-5H2,1-2H3,(H,10,14)(H,12,15)/t7-/m0/s1. The number of hydrogen-bond donors (Lipinski definition) is 4. The minimum Gasteiger partial charge on any atom is -0.396 e. The van der Waals surface area contributed by atoms with Crippen LogP contribution in [0.15, 0.2) is 0 Å². The zero-order valence-corrected chi connectivity index (χ0v) is 9.75. The van der Waals surface area contributed by atoms with E-state index in [1.165, 1.54) is 0 Å². The molecule has 0 aromatic carbocycles. The van der Waals surface area contributed by atoms with E-state index in [4.69, 9.17) is 5.11 Å². The van der Waals surface area contributed by atoms with Gasteiger partial charge in [-0.15, -0.1) is 12.6 Å². The van der Waals surface area contributed by atoms with Gasteiger partial charge in [-0.3, -0.25) is 9.59 Å². The fourth-order valence-electron chi connectivity index (χ4n) is 0.831. The summed E-state index contributed by atoms with van der Waals surface area (Å²) in [5, 5.41) is 20.5. The van der Waals surface area contributed by atoms with E-state index < -0.39 is 17.4 Å². The van der Waals surface area contributed by atoms with E-state index in [9.17, 15) is 14.7 Å². The Morgan fingerprint density at radius 3 is 2.40 bits per heavy atom. The van der Waals surface area contributed by atoms with Crippen molar-refractivity contribution in [3.63, 3.8) is 0 Å². The molecule has 0 fully saturated rings. The van der Waals surface area contributed by atoms with Gasteiger partial charge in [-0.2, -0.15) is 0 Å². The SMILES string of the molecule is CC(C)(CO)[C@@H](O)C(=O)NCCC(=O)S. The summed E-state index contributed by atoms with van der Waals surface area (Å²) < 4.78 is 0. The molecule has 0 aromatic rings. The van der Waals surface area contributed by atoms with Crippen LogP contribution in [-0.2, 0) is 9.59 Å². The number of rotatable bonds is 6. The largest absolute Gasteiger partial charge is 0.396 e. The van der Waals surface area contributed by atoms with Gasteiger partial charge in [0.15, 0.2) is 5.12 Å². The maximum Gasteiger partial charge on any atom is 0.249 e. The first-order valence-electron chi connectivity index (χ1n) is 4.59. The Hall–Kier alpha value is -0.590. The molecule has 6 heteroatoms. The topological polar surface area (TPSA) is 86.6 Å². The van der Waals surface area contributed by atoms with Gasteiger partial charge >= 0.3 is 0 Å². The smallest absolute Gasteiger partial charge is 0.249 e. The second-order valence-corrected chi connectivity index (χ2v) is 4.48. The van der Waals surface area contributed by atoms with Crippen molar-refractivity contribution in [2.75, 3.05) is 13.2 Å². The highest BCUT2D eigenvalue weighted by Crippen LogP contribution is 2.19. The van der Waals surface area contributed by atoms with Gasteiger partial charge < -0.3 is 15.5 Å². The molecule has 0 aliphatic carbocycles. The van der Waals surface area contributed by atoms with Crippen LogP contribution in [0.2, 0.25) is 0 Å². The summed E-state index contributed by atoms with van der Waals surface area (Å²) in [5.41, 5.74) is -0.894. The van der Waals surface area contributed by atoms with E-state index in [0.717, 1.165) is 0 Å². The number of carbonyl (C=O) groups excluding carboxylic acids is 2. The molecule has 0 aliphatic heterocycles. The van der Waals surface area contributed by atoms with Gasteiger partial charge in [-0.1, -0.05) is 13.8 Å². The highest BCUT2D eigenvalue weighted by molar-refractivity contribution is 7.96. The van der Waals surface area contributed by atoms with Crippen molar-refractivity contribution in [3.05, 3.63) is 0 Å². The summed E-state index contributed by atoms with van der Waals surface area (Å²) in [4.78, 5) is 21.8. The lowest BCUT2D eigenvalue weighted by Gasteiger charge is -2.26. The number of thiol groups is 1. The van der Waals surface area contributed by atoms with E-state index in [-0.39, 0.29) is 24.7 Å². The van der Waals surface area contributed by atoms with E-state index in [1.54, 1.807) is 13.8 Å². The lowest BCUT2D eigenvalue weighted by molar-refractivity contribution is -0.137. The van der Waals surface area contributed by atoms with Gasteiger partial charge in [0.05, 0.1) is 6.61 Å². The second-order valence-electron chi connectivity index (χ2n) is 3.98. The number of amides is 1. The van der Waals surface area contributed by atoms with E-state index in [0.29, 0.717) is 0 Å². The molecule has 88 valence electrons. The van der Waals surface area contributed by atoms with E-state index in [1.807, 2.05) is 0 Å². The molecule has 0 rings (SSSR count). The molecule has 5 nitrogen and oxygen atoms in total. The van der Waals surface area contributed by atoms with Crippen molar-refractivity contribution in [1.29, 1.82) is 0 Å². The molecule has 0 saturated heterocycles. The molecule has 0 bridgehead atoms. The average Bonchev–Trinajstić information content (AvgIpc) is 2.15. The molecule has 0 aliphatic rings. The quantitative estimate of drug-likeness (QED) is 0.460. The average molecular weight is 235 g/mol. The van der Waals surface area contributed by atoms with Crippen LogP contribution in [0.1, 0.15) is 20.3 Å². The van der Waals surface area contributed by atoms with Crippen LogP contribution in [0.3, 0.4) is 0 Å². The van der Waals surface area contributed by atoms with Crippen LogP contribution >= 0.6 is 12.6 Å². The molecule has 1 amide bonds. The predicted molar refractivity (Wildman–Crippen MR) is 58.5 cm³/mol. The summed E-state index contributed by atoms with van der Waals surface area (Å²) in [6.07, 6.45) is -1.18. The van der Waals surface area contributed by atoms with Gasteiger partial charge in [0.1, 0.15) is 6.10 Å². The van der Waals surface area contributed by atoms with Crippen molar-refractivity contribution in [1.82, 2.24) is 5.32 Å². The third-order valence-electron chi connectivity index (χ3n) is 2.03. The van der Waals surface area contributed by atoms with Gasteiger partial charge in [-0.25, -0.2) is 0 Å². The summed E-state index contributed by atoms with van der Waals surface area (Å²) in [7, 11) is 0. The van der Waals surface area contributed by atoms with Crippen LogP contribution in [0, 0.1) is 5.41 Å². The maximum absolute atomic E-state index is 11.3. The van der Waals surface area contributed by atoms with Gasteiger partial charge in [0.2, 0.25) is 5.91 Å². The Kier molecular flexibility index (Phi) is 5.85. The number of hydrogen-bond acceptors (Lipinski definition) is 4. The summed E-state index contributed by atoms with van der Waals surface area (Å²) in [6.45, 7) is 2.98. The third-order valence-corrected chi connectivity index (χ3v) is 2.26. The highest BCUT2D eigenvalue weighted by Gasteiger charge is 2.32. The molecule has 0 unspecified atom stereocenters. The molecule has 0 saturated carbocycles. The Labute approximate surface area is 94.3 Å². The first kappa shape index (κ1) is 14.4. The monoisotopic (exact) mass is 235 g/mol. The molecule has 0 heterocycles. The first-order chi connectivity index (χ1) is 6.81. The summed E-state index contributed by atoms with van der Waals surface area (Å²) in [5.74, 6) is -0.594. The minimum absolute atomic E-state index is 0.112. The fraction of sp³-hybridized carbons (Fsp3) is 0.778. The first-order valence-corrected chi connectivity index (χ1v) is 5.04. The second kappa shape index (κ2) is 6.09. The van der Waals surface area contributed by atoms with Gasteiger partial charge in [0, 0.05) is 18.4 Å². The minimum atomic E-state index is -1.29. The van der Waals surface area contributed by atoms with Crippen LogP contribution < -0.4 is 5.32 Å². The highest BCUT2D eigenvalue weighted by atomic mass is 32.1. The van der Waals surface area contributed by atoms with E-state index in [2.05, 4.69) is 17.9 Å². The number of aliphatic hydroxyl groups excluding tert-OH is 2. The Bertz CT molecular complexity index is 242. The molecule has 15 heavy (non-hydrogen) atoms. The molecular formula is C9H17NO4S. The lowest BCUT2D eigenvalue weighted by Crippen LogP contribution is -2.45. The van der Waals surface area contributed by atoms with Crippen molar-refractivity contribution in [3.8, 4) is 0 Å². The summed E-state index contributed by atoms with van der Waals surface area (Å²) >= 11 is 3.53. The van der Waals surface area contributed by atoms with E-state index >= 15 is 0 Å². The zero-order chi connectivity index (χ0) is 12.1. The molecule has 0 radical (unpaired) electrons. The molecule has 0 aromatic heterocycles. The van der Waals surface area contributed by atoms with Crippen molar-refractivity contribution in [2.45, 2.75) is 26.4 Å². The summed E-state index contributed by atoms with van der Waals surface area (Å²) in [6, 6.07) is 0. The number of nitrogens with one attached hydrogen (secondary N) is 1. The van der Waals surface area contributed by atoms with Gasteiger partial charge in [0.25, 0.3) is 0 Å². The zero-order valence-electron chi connectivity index (χ0n) is 8.86. The van der Waals surface area contributed by atoms with Crippen LogP contribution in [0.4, 0.5) is 0 Å². The van der Waals surface area contributed by atoms with Crippen molar-refractivity contribution in [2.24, 2.45) is 5.41 Å². The van der Waals surface area contributed by atoms with Crippen LogP contribution in [0.5, 0.6) is 0 Å². The predicted octanol–water partition coefficient (Wildman–Crippen LogP) is -0.672. The van der Waals surface area contributed by atoms with Crippen LogP contribution in [-0.4, -0.2) is 40.5 Å². The molecule has 0 spiro atoms. The Balaban J connectivity index is 4.05. The number of carbonyl (C=O) groups is 2. The Morgan fingerprint density at radius 1 is 1.47 bits per heavy atom. The van der Waals surface area contributed by atoms with Gasteiger partial charge in [-0.05, 0) is 0 Å². The van der Waals surface area contributed by atoms with Crippen molar-refractivity contribution < 1.29 is 19.8 Å². The normalized spacial score (nSPS) is 13.4. The lowest BCUT2D eigenvalue weighted by atomic mass is 9.87. The maximum atomic E-state index is 11.3. The fourth-order valence-corrected chi connectivity index (χ4v) is 0.942. The molecular weight excluding hydrogens is 218 g/mol. The Morgan fingerprint density at radius 2 is 2.00 bits per heavy atom. The molecule has 1 atom stereocenters. The third kappa shape index (κ3) is 5.15. The number of aliphatic hydroxyl groups is 2. The molecule has 3 N–H and O–H groups in total. The van der Waals surface area contributed by atoms with Crippen molar-refractivity contribution >= 4 is 23.7 Å².